The molecular formula is C15H19N7O. The standard InChI is InChI=1S/C15H19N7O/c1-11-5-16-7-14(18-11)20-8-13(9-20)22-10-12(6-17-22)21-4-3-19(2)15(21)23/h5-7,10,13H,3-4,8-9H2,1-2H3. The molecular weight excluding hydrogens is 294 g/mol. The molecule has 2 aliphatic heterocycles. The van der Waals surface area contributed by atoms with Gasteiger partial charge in [-0.2, -0.15) is 5.10 Å². The molecule has 0 N–H and O–H groups in total. The predicted octanol–water partition coefficient (Wildman–Crippen LogP) is 0.915. The van der Waals surface area contributed by atoms with E-state index < -0.39 is 0 Å². The lowest BCUT2D eigenvalue weighted by atomic mass is 10.1. The summed E-state index contributed by atoms with van der Waals surface area (Å²) in [5.74, 6) is 0.907. The first-order chi connectivity index (χ1) is 11.1. The highest BCUT2D eigenvalue weighted by Crippen LogP contribution is 2.27. The molecule has 2 amide bonds. The third-order valence-corrected chi connectivity index (χ3v) is 4.42. The summed E-state index contributed by atoms with van der Waals surface area (Å²) in [6, 6.07) is 0.344. The maximum atomic E-state index is 12.0. The zero-order chi connectivity index (χ0) is 16.0. The van der Waals surface area contributed by atoms with Crippen LogP contribution < -0.4 is 9.80 Å². The van der Waals surface area contributed by atoms with Gasteiger partial charge in [-0.25, -0.2) is 9.78 Å². The fourth-order valence-corrected chi connectivity index (χ4v) is 2.97. The summed E-state index contributed by atoms with van der Waals surface area (Å²) in [5.41, 5.74) is 1.79. The molecule has 120 valence electrons. The minimum atomic E-state index is 0.0369. The van der Waals surface area contributed by atoms with Crippen molar-refractivity contribution in [1.29, 1.82) is 0 Å². The second-order valence-corrected chi connectivity index (χ2v) is 6.11. The van der Waals surface area contributed by atoms with Crippen molar-refractivity contribution in [3.63, 3.8) is 0 Å². The van der Waals surface area contributed by atoms with Gasteiger partial charge < -0.3 is 9.80 Å². The van der Waals surface area contributed by atoms with Crippen LogP contribution in [0.1, 0.15) is 11.7 Å². The van der Waals surface area contributed by atoms with Crippen LogP contribution in [0.2, 0.25) is 0 Å². The topological polar surface area (TPSA) is 70.4 Å². The van der Waals surface area contributed by atoms with Gasteiger partial charge in [0, 0.05) is 45.6 Å². The SMILES string of the molecule is Cc1cncc(N2CC(n3cc(N4CCN(C)C4=O)cn3)C2)n1. The van der Waals surface area contributed by atoms with Crippen molar-refractivity contribution in [2.75, 3.05) is 43.0 Å². The van der Waals surface area contributed by atoms with E-state index in [1.807, 2.05) is 24.9 Å². The Morgan fingerprint density at radius 2 is 2.00 bits per heavy atom. The van der Waals surface area contributed by atoms with Crippen LogP contribution in [-0.2, 0) is 0 Å². The molecule has 0 spiro atoms. The molecule has 0 aromatic carbocycles. The second-order valence-electron chi connectivity index (χ2n) is 6.11. The molecule has 2 aliphatic rings. The van der Waals surface area contributed by atoms with E-state index in [0.29, 0.717) is 6.04 Å². The van der Waals surface area contributed by atoms with E-state index in [4.69, 9.17) is 0 Å². The predicted molar refractivity (Wildman–Crippen MR) is 85.6 cm³/mol. The lowest BCUT2D eigenvalue weighted by Crippen LogP contribution is -2.48. The van der Waals surface area contributed by atoms with E-state index in [1.54, 1.807) is 28.4 Å². The monoisotopic (exact) mass is 313 g/mol. The lowest BCUT2D eigenvalue weighted by molar-refractivity contribution is 0.229. The van der Waals surface area contributed by atoms with Crippen LogP contribution in [0.5, 0.6) is 0 Å². The summed E-state index contributed by atoms with van der Waals surface area (Å²) in [5, 5.41) is 4.43. The number of likely N-dealkylation sites (N-methyl/N-ethyl adjacent to an activating group) is 1. The molecule has 0 atom stereocenters. The summed E-state index contributed by atoms with van der Waals surface area (Å²) in [7, 11) is 1.82. The van der Waals surface area contributed by atoms with E-state index in [0.717, 1.165) is 43.4 Å². The van der Waals surface area contributed by atoms with Gasteiger partial charge in [-0.3, -0.25) is 14.6 Å². The number of urea groups is 1. The number of nitrogens with zero attached hydrogens (tertiary/aromatic N) is 7. The van der Waals surface area contributed by atoms with E-state index in [2.05, 4.69) is 20.0 Å². The molecule has 0 bridgehead atoms. The molecule has 2 aromatic rings. The number of amides is 2. The van der Waals surface area contributed by atoms with Gasteiger partial charge in [0.25, 0.3) is 0 Å². The highest BCUT2D eigenvalue weighted by Gasteiger charge is 2.32. The summed E-state index contributed by atoms with van der Waals surface area (Å²) in [4.78, 5) is 26.4. The number of carbonyl (C=O) groups is 1. The first kappa shape index (κ1) is 14.0. The lowest BCUT2D eigenvalue weighted by Gasteiger charge is -2.39. The van der Waals surface area contributed by atoms with Crippen molar-refractivity contribution in [2.24, 2.45) is 0 Å². The van der Waals surface area contributed by atoms with Gasteiger partial charge >= 0.3 is 6.03 Å². The molecule has 4 heterocycles. The van der Waals surface area contributed by atoms with Crippen molar-refractivity contribution in [1.82, 2.24) is 24.6 Å². The van der Waals surface area contributed by atoms with Crippen molar-refractivity contribution in [3.8, 4) is 0 Å². The van der Waals surface area contributed by atoms with Crippen molar-refractivity contribution in [2.45, 2.75) is 13.0 Å². The van der Waals surface area contributed by atoms with Gasteiger partial charge in [-0.1, -0.05) is 0 Å². The van der Waals surface area contributed by atoms with Crippen LogP contribution in [-0.4, -0.2) is 63.9 Å². The normalized spacial score (nSPS) is 18.7. The van der Waals surface area contributed by atoms with E-state index in [9.17, 15) is 4.79 Å². The molecule has 2 aromatic heterocycles. The number of hydrogen-bond acceptors (Lipinski definition) is 5. The third-order valence-electron chi connectivity index (χ3n) is 4.42. The molecule has 2 saturated heterocycles. The van der Waals surface area contributed by atoms with E-state index >= 15 is 0 Å². The Morgan fingerprint density at radius 1 is 1.17 bits per heavy atom. The second kappa shape index (κ2) is 5.22. The smallest absolute Gasteiger partial charge is 0.324 e. The highest BCUT2D eigenvalue weighted by molar-refractivity contribution is 5.93. The minimum Gasteiger partial charge on any atom is -0.351 e. The van der Waals surface area contributed by atoms with Crippen LogP contribution >= 0.6 is 0 Å². The Labute approximate surface area is 134 Å². The zero-order valence-electron chi connectivity index (χ0n) is 13.3. The minimum absolute atomic E-state index is 0.0369. The highest BCUT2D eigenvalue weighted by atomic mass is 16.2. The van der Waals surface area contributed by atoms with Gasteiger partial charge in [0.1, 0.15) is 5.82 Å². The molecule has 0 radical (unpaired) electrons. The Bertz CT molecular complexity index is 737. The number of hydrogen-bond donors (Lipinski definition) is 0. The maximum Gasteiger partial charge on any atom is 0.324 e. The van der Waals surface area contributed by atoms with Crippen molar-refractivity contribution >= 4 is 17.5 Å². The largest absolute Gasteiger partial charge is 0.351 e. The maximum absolute atomic E-state index is 12.0. The Balaban J connectivity index is 1.42. The van der Waals surface area contributed by atoms with Gasteiger partial charge in [-0.15, -0.1) is 0 Å². The van der Waals surface area contributed by atoms with Crippen LogP contribution in [0.4, 0.5) is 16.3 Å². The number of anilines is 2. The van der Waals surface area contributed by atoms with E-state index in [-0.39, 0.29) is 6.03 Å². The molecule has 23 heavy (non-hydrogen) atoms. The van der Waals surface area contributed by atoms with Crippen LogP contribution in [0.3, 0.4) is 0 Å². The van der Waals surface area contributed by atoms with Gasteiger partial charge in [0.2, 0.25) is 0 Å². The van der Waals surface area contributed by atoms with E-state index in [1.165, 1.54) is 0 Å². The third kappa shape index (κ3) is 2.39. The number of carbonyl (C=O) groups excluding carboxylic acids is 1. The van der Waals surface area contributed by atoms with Crippen molar-refractivity contribution in [3.05, 3.63) is 30.5 Å². The molecule has 0 aliphatic carbocycles. The van der Waals surface area contributed by atoms with Crippen LogP contribution in [0.15, 0.2) is 24.8 Å². The van der Waals surface area contributed by atoms with Gasteiger partial charge in [0.05, 0.1) is 29.8 Å². The Kier molecular flexibility index (Phi) is 3.17. The molecule has 0 saturated carbocycles. The number of aromatic nitrogens is 4. The van der Waals surface area contributed by atoms with Crippen molar-refractivity contribution < 1.29 is 4.79 Å². The number of aryl methyl sites for hydroxylation is 1. The number of rotatable bonds is 3. The van der Waals surface area contributed by atoms with Gasteiger partial charge in [-0.05, 0) is 6.92 Å². The summed E-state index contributed by atoms with van der Waals surface area (Å²) >= 11 is 0. The Hall–Kier alpha value is -2.64. The molecule has 8 nitrogen and oxygen atoms in total. The van der Waals surface area contributed by atoms with Gasteiger partial charge in [0.15, 0.2) is 0 Å². The van der Waals surface area contributed by atoms with Crippen LogP contribution in [0, 0.1) is 6.92 Å². The summed E-state index contributed by atoms with van der Waals surface area (Å²) < 4.78 is 1.95. The Morgan fingerprint density at radius 3 is 2.70 bits per heavy atom. The molecule has 2 fully saturated rings. The quantitative estimate of drug-likeness (QED) is 0.842. The molecule has 4 rings (SSSR count). The zero-order valence-corrected chi connectivity index (χ0v) is 13.3. The fraction of sp³-hybridized carbons (Fsp3) is 0.467. The molecule has 0 unspecified atom stereocenters. The summed E-state index contributed by atoms with van der Waals surface area (Å²) in [6.07, 6.45) is 7.27. The summed E-state index contributed by atoms with van der Waals surface area (Å²) in [6.45, 7) is 5.13. The average Bonchev–Trinajstić information content (AvgIpc) is 3.06. The molecule has 8 heteroatoms. The van der Waals surface area contributed by atoms with Crippen LogP contribution in [0.25, 0.3) is 0 Å². The first-order valence-electron chi connectivity index (χ1n) is 7.72. The fourth-order valence-electron chi connectivity index (χ4n) is 2.97. The first-order valence-corrected chi connectivity index (χ1v) is 7.72. The average molecular weight is 313 g/mol.